The van der Waals surface area contributed by atoms with Crippen molar-refractivity contribution < 1.29 is 0 Å². The monoisotopic (exact) mass is 204 g/mol. The van der Waals surface area contributed by atoms with Crippen molar-refractivity contribution >= 4 is 11.8 Å². The van der Waals surface area contributed by atoms with Crippen LogP contribution in [0.25, 0.3) is 0 Å². The number of allylic oxidation sites excluding steroid dienone is 7. The zero-order chi connectivity index (χ0) is 10.2. The highest BCUT2D eigenvalue weighted by molar-refractivity contribution is 8.07. The SMILES string of the molecule is C=C/C=C\C(=C/C)SC1=CCCC=C1. The van der Waals surface area contributed by atoms with Crippen LogP contribution in [0.4, 0.5) is 0 Å². The second kappa shape index (κ2) is 6.50. The molecular formula is C13H16S. The smallest absolute Gasteiger partial charge is 0.00790 e. The average Bonchev–Trinajstić information content (AvgIpc) is 2.25. The summed E-state index contributed by atoms with van der Waals surface area (Å²) in [6, 6.07) is 0. The molecule has 0 heterocycles. The van der Waals surface area contributed by atoms with Gasteiger partial charge < -0.3 is 0 Å². The molecule has 0 bridgehead atoms. The van der Waals surface area contributed by atoms with E-state index in [9.17, 15) is 0 Å². The summed E-state index contributed by atoms with van der Waals surface area (Å²) in [5.41, 5.74) is 0. The van der Waals surface area contributed by atoms with E-state index in [1.54, 1.807) is 17.8 Å². The van der Waals surface area contributed by atoms with Crippen molar-refractivity contribution in [1.82, 2.24) is 0 Å². The van der Waals surface area contributed by atoms with Crippen LogP contribution in [0.1, 0.15) is 19.8 Å². The molecule has 0 N–H and O–H groups in total. The molecule has 0 spiro atoms. The van der Waals surface area contributed by atoms with Crippen LogP contribution in [0.3, 0.4) is 0 Å². The molecule has 0 aromatic carbocycles. The minimum Gasteiger partial charge on any atom is -0.0991 e. The van der Waals surface area contributed by atoms with Gasteiger partial charge >= 0.3 is 0 Å². The lowest BCUT2D eigenvalue weighted by Gasteiger charge is -2.06. The van der Waals surface area contributed by atoms with Gasteiger partial charge in [-0.05, 0) is 25.8 Å². The number of hydrogen-bond donors (Lipinski definition) is 0. The third-order valence-corrected chi connectivity index (χ3v) is 3.02. The molecule has 1 aliphatic carbocycles. The predicted molar refractivity (Wildman–Crippen MR) is 67.1 cm³/mol. The van der Waals surface area contributed by atoms with Crippen LogP contribution in [0.2, 0.25) is 0 Å². The van der Waals surface area contributed by atoms with E-state index in [2.05, 4.69) is 43.9 Å². The van der Waals surface area contributed by atoms with E-state index in [0.29, 0.717) is 0 Å². The van der Waals surface area contributed by atoms with Crippen molar-refractivity contribution in [2.24, 2.45) is 0 Å². The van der Waals surface area contributed by atoms with E-state index in [-0.39, 0.29) is 0 Å². The highest BCUT2D eigenvalue weighted by atomic mass is 32.2. The van der Waals surface area contributed by atoms with Crippen LogP contribution < -0.4 is 0 Å². The van der Waals surface area contributed by atoms with Crippen LogP contribution in [0, 0.1) is 0 Å². The molecule has 0 unspecified atom stereocenters. The number of rotatable bonds is 4. The van der Waals surface area contributed by atoms with E-state index in [0.717, 1.165) is 0 Å². The minimum atomic E-state index is 1.17. The maximum Gasteiger partial charge on any atom is 0.00790 e. The lowest BCUT2D eigenvalue weighted by atomic mass is 10.2. The van der Waals surface area contributed by atoms with Gasteiger partial charge in [-0.1, -0.05) is 54.8 Å². The van der Waals surface area contributed by atoms with Crippen LogP contribution in [-0.2, 0) is 0 Å². The van der Waals surface area contributed by atoms with Crippen LogP contribution in [0.15, 0.2) is 58.9 Å². The minimum absolute atomic E-state index is 1.17. The second-order valence-electron chi connectivity index (χ2n) is 2.97. The highest BCUT2D eigenvalue weighted by Gasteiger charge is 1.99. The molecule has 0 amide bonds. The summed E-state index contributed by atoms with van der Waals surface area (Å²) in [6.07, 6.45) is 17.0. The third kappa shape index (κ3) is 3.84. The van der Waals surface area contributed by atoms with Crippen molar-refractivity contribution in [2.75, 3.05) is 0 Å². The Hall–Kier alpha value is -0.950. The van der Waals surface area contributed by atoms with E-state index in [4.69, 9.17) is 0 Å². The summed E-state index contributed by atoms with van der Waals surface area (Å²) >= 11 is 1.81. The molecule has 0 saturated heterocycles. The zero-order valence-electron chi connectivity index (χ0n) is 8.57. The molecule has 0 saturated carbocycles. The lowest BCUT2D eigenvalue weighted by Crippen LogP contribution is -1.80. The van der Waals surface area contributed by atoms with Gasteiger partial charge in [-0.3, -0.25) is 0 Å². The van der Waals surface area contributed by atoms with Crippen molar-refractivity contribution in [3.8, 4) is 0 Å². The Morgan fingerprint density at radius 3 is 2.93 bits per heavy atom. The molecule has 0 aromatic heterocycles. The summed E-state index contributed by atoms with van der Waals surface area (Å²) < 4.78 is 0. The normalized spacial score (nSPS) is 17.2. The van der Waals surface area contributed by atoms with Crippen molar-refractivity contribution in [3.63, 3.8) is 0 Å². The summed E-state index contributed by atoms with van der Waals surface area (Å²) in [5.74, 6) is 0. The molecule has 0 aromatic rings. The molecule has 1 heteroatoms. The Kier molecular flexibility index (Phi) is 5.16. The summed E-state index contributed by atoms with van der Waals surface area (Å²) in [6.45, 7) is 5.72. The van der Waals surface area contributed by atoms with Crippen LogP contribution >= 0.6 is 11.8 Å². The van der Waals surface area contributed by atoms with Gasteiger partial charge in [0.2, 0.25) is 0 Å². The van der Waals surface area contributed by atoms with E-state index in [1.807, 2.05) is 6.08 Å². The molecule has 0 aliphatic heterocycles. The van der Waals surface area contributed by atoms with Gasteiger partial charge in [-0.15, -0.1) is 0 Å². The molecule has 14 heavy (non-hydrogen) atoms. The van der Waals surface area contributed by atoms with Gasteiger partial charge in [0.05, 0.1) is 0 Å². The molecular weight excluding hydrogens is 188 g/mol. The van der Waals surface area contributed by atoms with Gasteiger partial charge in [0.1, 0.15) is 0 Å². The molecule has 0 fully saturated rings. The number of hydrogen-bond acceptors (Lipinski definition) is 1. The Morgan fingerprint density at radius 1 is 1.50 bits per heavy atom. The van der Waals surface area contributed by atoms with Crippen molar-refractivity contribution in [2.45, 2.75) is 19.8 Å². The maximum atomic E-state index is 3.66. The zero-order valence-corrected chi connectivity index (χ0v) is 9.39. The topological polar surface area (TPSA) is 0 Å². The molecule has 0 atom stereocenters. The van der Waals surface area contributed by atoms with E-state index in [1.165, 1.54) is 22.7 Å². The Labute approximate surface area is 90.8 Å². The molecule has 0 radical (unpaired) electrons. The van der Waals surface area contributed by atoms with Gasteiger partial charge in [0.25, 0.3) is 0 Å². The van der Waals surface area contributed by atoms with Crippen molar-refractivity contribution in [1.29, 1.82) is 0 Å². The first-order valence-corrected chi connectivity index (χ1v) is 5.68. The standard InChI is InChI=1S/C13H16S/c1-3-5-9-12(4-2)14-13-10-7-6-8-11-13/h3-5,7,9-11H,1,6,8H2,2H3/b9-5-,12-4+. The Balaban J connectivity index is 2.57. The van der Waals surface area contributed by atoms with Gasteiger partial charge in [0.15, 0.2) is 0 Å². The second-order valence-corrected chi connectivity index (χ2v) is 4.12. The molecule has 1 aliphatic rings. The van der Waals surface area contributed by atoms with Gasteiger partial charge in [0, 0.05) is 9.81 Å². The van der Waals surface area contributed by atoms with Crippen LogP contribution in [-0.4, -0.2) is 0 Å². The van der Waals surface area contributed by atoms with Gasteiger partial charge in [-0.25, -0.2) is 0 Å². The van der Waals surface area contributed by atoms with E-state index < -0.39 is 0 Å². The fourth-order valence-corrected chi connectivity index (χ4v) is 2.06. The van der Waals surface area contributed by atoms with E-state index >= 15 is 0 Å². The fourth-order valence-electron chi connectivity index (χ4n) is 1.15. The summed E-state index contributed by atoms with van der Waals surface area (Å²) in [4.78, 5) is 2.61. The summed E-state index contributed by atoms with van der Waals surface area (Å²) in [7, 11) is 0. The first-order valence-electron chi connectivity index (χ1n) is 4.87. The lowest BCUT2D eigenvalue weighted by molar-refractivity contribution is 1.03. The first-order chi connectivity index (χ1) is 6.86. The van der Waals surface area contributed by atoms with Gasteiger partial charge in [-0.2, -0.15) is 0 Å². The highest BCUT2D eigenvalue weighted by Crippen LogP contribution is 2.29. The first kappa shape index (κ1) is 11.1. The third-order valence-electron chi connectivity index (χ3n) is 1.88. The quantitative estimate of drug-likeness (QED) is 0.603. The molecule has 1 rings (SSSR count). The predicted octanol–water partition coefficient (Wildman–Crippen LogP) is 4.60. The Morgan fingerprint density at radius 2 is 2.36 bits per heavy atom. The Bertz CT molecular complexity index is 303. The fraction of sp³-hybridized carbons (Fsp3) is 0.231. The maximum absolute atomic E-state index is 3.66. The molecule has 74 valence electrons. The average molecular weight is 204 g/mol. The number of thioether (sulfide) groups is 1. The summed E-state index contributed by atoms with van der Waals surface area (Å²) in [5, 5.41) is 0. The molecule has 0 nitrogen and oxygen atoms in total. The van der Waals surface area contributed by atoms with Crippen molar-refractivity contribution in [3.05, 3.63) is 58.9 Å². The largest absolute Gasteiger partial charge is 0.0991 e. The van der Waals surface area contributed by atoms with Crippen LogP contribution in [0.5, 0.6) is 0 Å².